The van der Waals surface area contributed by atoms with Crippen LogP contribution in [-0.2, 0) is 9.53 Å². The normalized spacial score (nSPS) is 12.0. The minimum atomic E-state index is -0.747. The summed E-state index contributed by atoms with van der Waals surface area (Å²) in [5.74, 6) is -0.697. The number of thiophene rings is 1. The van der Waals surface area contributed by atoms with Gasteiger partial charge in [-0.25, -0.2) is 4.98 Å². The summed E-state index contributed by atoms with van der Waals surface area (Å²) in [6, 6.07) is 7.06. The Bertz CT molecular complexity index is 1120. The number of aryl methyl sites for hydroxylation is 3. The van der Waals surface area contributed by atoms with Crippen molar-refractivity contribution in [2.24, 2.45) is 0 Å². The first-order valence-corrected chi connectivity index (χ1v) is 9.62. The molecule has 28 heavy (non-hydrogen) atoms. The number of esters is 1. The average molecular weight is 399 g/mol. The van der Waals surface area contributed by atoms with Crippen LogP contribution in [0.1, 0.15) is 45.2 Å². The number of aromatic amines is 1. The van der Waals surface area contributed by atoms with Gasteiger partial charge >= 0.3 is 5.97 Å². The van der Waals surface area contributed by atoms with Crippen molar-refractivity contribution in [2.75, 3.05) is 6.54 Å². The molecular formula is C20H21N3O4S. The van der Waals surface area contributed by atoms with Crippen LogP contribution in [0.4, 0.5) is 0 Å². The largest absolute Gasteiger partial charge is 0.453 e. The molecule has 0 saturated heterocycles. The number of nitrogens with one attached hydrogen (secondary N) is 2. The zero-order chi connectivity index (χ0) is 20.4. The molecular weight excluding hydrogens is 378 g/mol. The molecule has 1 aromatic carbocycles. The number of aromatic nitrogens is 2. The van der Waals surface area contributed by atoms with E-state index < -0.39 is 12.1 Å². The van der Waals surface area contributed by atoms with Crippen LogP contribution in [0.2, 0.25) is 0 Å². The molecule has 2 heterocycles. The Morgan fingerprint density at radius 2 is 2.04 bits per heavy atom. The molecule has 0 spiro atoms. The minimum absolute atomic E-state index is 0.252. The smallest absolute Gasteiger partial charge is 0.326 e. The van der Waals surface area contributed by atoms with E-state index in [4.69, 9.17) is 4.74 Å². The van der Waals surface area contributed by atoms with Crippen molar-refractivity contribution in [3.8, 4) is 0 Å². The second-order valence-electron chi connectivity index (χ2n) is 6.60. The molecule has 146 valence electrons. The molecule has 0 fully saturated rings. The highest BCUT2D eigenvalue weighted by molar-refractivity contribution is 7.18. The zero-order valence-electron chi connectivity index (χ0n) is 16.1. The first-order chi connectivity index (χ1) is 13.3. The van der Waals surface area contributed by atoms with E-state index in [2.05, 4.69) is 15.3 Å². The third-order valence-electron chi connectivity index (χ3n) is 4.42. The lowest BCUT2D eigenvalue weighted by molar-refractivity contribution is -0.147. The predicted molar refractivity (Wildman–Crippen MR) is 108 cm³/mol. The van der Waals surface area contributed by atoms with Crippen molar-refractivity contribution < 1.29 is 14.3 Å². The number of rotatable bonds is 5. The number of hydrogen-bond acceptors (Lipinski definition) is 6. The molecule has 3 rings (SSSR count). The van der Waals surface area contributed by atoms with Crippen LogP contribution in [0.3, 0.4) is 0 Å². The first kappa shape index (κ1) is 19.8. The second-order valence-corrected chi connectivity index (χ2v) is 7.80. The number of benzene rings is 1. The molecule has 0 aliphatic heterocycles. The summed E-state index contributed by atoms with van der Waals surface area (Å²) in [4.78, 5) is 45.3. The number of fused-ring (bicyclic) bond motifs is 1. The van der Waals surface area contributed by atoms with E-state index >= 15 is 0 Å². The van der Waals surface area contributed by atoms with E-state index in [1.807, 2.05) is 26.8 Å². The van der Waals surface area contributed by atoms with Gasteiger partial charge in [-0.2, -0.15) is 0 Å². The van der Waals surface area contributed by atoms with Crippen molar-refractivity contribution >= 4 is 33.4 Å². The van der Waals surface area contributed by atoms with E-state index in [0.717, 1.165) is 16.0 Å². The Labute approximate surface area is 165 Å². The van der Waals surface area contributed by atoms with E-state index in [0.29, 0.717) is 15.8 Å². The molecule has 0 saturated carbocycles. The van der Waals surface area contributed by atoms with Crippen LogP contribution in [0, 0.1) is 20.8 Å². The van der Waals surface area contributed by atoms with Gasteiger partial charge in [0.05, 0.1) is 5.39 Å². The van der Waals surface area contributed by atoms with Crippen LogP contribution >= 0.6 is 11.3 Å². The fourth-order valence-electron chi connectivity index (χ4n) is 2.80. The van der Waals surface area contributed by atoms with E-state index in [1.54, 1.807) is 25.1 Å². The summed E-state index contributed by atoms with van der Waals surface area (Å²) in [6.45, 7) is 7.04. The molecule has 2 aromatic heterocycles. The average Bonchev–Trinajstić information content (AvgIpc) is 2.94. The van der Waals surface area contributed by atoms with Gasteiger partial charge in [-0.15, -0.1) is 11.3 Å². The third kappa shape index (κ3) is 4.12. The maximum Gasteiger partial charge on any atom is 0.326 e. The molecule has 7 nitrogen and oxygen atoms in total. The molecule has 0 unspecified atom stereocenters. The first-order valence-electron chi connectivity index (χ1n) is 8.80. The maximum atomic E-state index is 12.3. The second kappa shape index (κ2) is 7.93. The van der Waals surface area contributed by atoms with Gasteiger partial charge in [-0.3, -0.25) is 14.4 Å². The summed E-state index contributed by atoms with van der Waals surface area (Å²) in [6.07, 6.45) is -0.747. The van der Waals surface area contributed by atoms with Crippen LogP contribution in [0.15, 0.2) is 29.1 Å². The van der Waals surface area contributed by atoms with Crippen LogP contribution in [0.5, 0.6) is 0 Å². The fourth-order valence-corrected chi connectivity index (χ4v) is 3.84. The molecule has 8 heteroatoms. The Morgan fingerprint density at radius 1 is 1.29 bits per heavy atom. The molecule has 0 radical (unpaired) electrons. The third-order valence-corrected chi connectivity index (χ3v) is 5.53. The van der Waals surface area contributed by atoms with E-state index in [1.165, 1.54) is 11.3 Å². The van der Waals surface area contributed by atoms with Crippen molar-refractivity contribution in [1.82, 2.24) is 15.3 Å². The lowest BCUT2D eigenvalue weighted by Gasteiger charge is -2.13. The van der Waals surface area contributed by atoms with Gasteiger partial charge < -0.3 is 15.0 Å². The molecule has 0 bridgehead atoms. The number of carbonyl (C=O) groups excluding carboxylic acids is 2. The van der Waals surface area contributed by atoms with Crippen LogP contribution in [0.25, 0.3) is 10.2 Å². The lowest BCUT2D eigenvalue weighted by atomic mass is 10.1. The highest BCUT2D eigenvalue weighted by atomic mass is 32.1. The van der Waals surface area contributed by atoms with Crippen LogP contribution < -0.4 is 10.9 Å². The number of ether oxygens (including phenoxy) is 1. The van der Waals surface area contributed by atoms with Gasteiger partial charge in [0.15, 0.2) is 11.9 Å². The van der Waals surface area contributed by atoms with Crippen molar-refractivity contribution in [3.63, 3.8) is 0 Å². The van der Waals surface area contributed by atoms with E-state index in [-0.39, 0.29) is 23.8 Å². The summed E-state index contributed by atoms with van der Waals surface area (Å²) in [5, 5.41) is 3.10. The quantitative estimate of drug-likeness (QED) is 0.643. The molecule has 2 N–H and O–H groups in total. The molecule has 0 aliphatic carbocycles. The molecule has 0 aliphatic rings. The predicted octanol–water partition coefficient (Wildman–Crippen LogP) is 2.94. The van der Waals surface area contributed by atoms with Gasteiger partial charge in [0.1, 0.15) is 11.4 Å². The monoisotopic (exact) mass is 399 g/mol. The molecule has 1 atom stereocenters. The Hall–Kier alpha value is -3.00. The molecule has 1 amide bonds. The maximum absolute atomic E-state index is 12.3. The summed E-state index contributed by atoms with van der Waals surface area (Å²) >= 11 is 1.43. The van der Waals surface area contributed by atoms with Gasteiger partial charge in [0.2, 0.25) is 0 Å². The Balaban J connectivity index is 1.65. The van der Waals surface area contributed by atoms with Gasteiger partial charge in [-0.1, -0.05) is 17.7 Å². The van der Waals surface area contributed by atoms with E-state index in [9.17, 15) is 14.4 Å². The number of nitrogens with zero attached hydrogens (tertiary/aromatic N) is 1. The number of carbonyl (C=O) groups is 2. The van der Waals surface area contributed by atoms with Crippen LogP contribution in [-0.4, -0.2) is 28.4 Å². The van der Waals surface area contributed by atoms with Crippen molar-refractivity contribution in [3.05, 3.63) is 62.0 Å². The SMILES string of the molecule is Cc1cccc(C(=O)NCC(=O)O[C@@H](C)c2nc3sc(C)c(C)c3c(=O)[nH]2)c1. The lowest BCUT2D eigenvalue weighted by Crippen LogP contribution is -2.31. The standard InChI is InChI=1S/C20H21N3O4S/c1-10-6-5-7-14(8-10)18(25)21-9-15(24)27-12(3)17-22-19(26)16-11(2)13(4)28-20(16)23-17/h5-8,12H,9H2,1-4H3,(H,21,25)(H,22,23,26)/t12-/m0/s1. The summed E-state index contributed by atoms with van der Waals surface area (Å²) in [5.41, 5.74) is 2.08. The highest BCUT2D eigenvalue weighted by Gasteiger charge is 2.18. The summed E-state index contributed by atoms with van der Waals surface area (Å²) < 4.78 is 5.31. The minimum Gasteiger partial charge on any atom is -0.453 e. The number of amides is 1. The fraction of sp³-hybridized carbons (Fsp3) is 0.300. The molecule has 3 aromatic rings. The highest BCUT2D eigenvalue weighted by Crippen LogP contribution is 2.26. The van der Waals surface area contributed by atoms with Gasteiger partial charge in [0, 0.05) is 10.4 Å². The van der Waals surface area contributed by atoms with Gasteiger partial charge in [-0.05, 0) is 45.4 Å². The number of hydrogen-bond donors (Lipinski definition) is 2. The van der Waals surface area contributed by atoms with Crippen molar-refractivity contribution in [2.45, 2.75) is 33.8 Å². The number of H-pyrrole nitrogens is 1. The van der Waals surface area contributed by atoms with Crippen molar-refractivity contribution in [1.29, 1.82) is 0 Å². The summed E-state index contributed by atoms with van der Waals surface area (Å²) in [7, 11) is 0. The zero-order valence-corrected chi connectivity index (χ0v) is 16.9. The Kier molecular flexibility index (Phi) is 5.60. The Morgan fingerprint density at radius 3 is 2.75 bits per heavy atom. The van der Waals surface area contributed by atoms with Gasteiger partial charge in [0.25, 0.3) is 11.5 Å². The topological polar surface area (TPSA) is 101 Å².